The SMILES string of the molecule is CCNc1ccnc(CN(Cc2ccco2)C2CC2)c1. The maximum atomic E-state index is 5.47. The molecule has 0 radical (unpaired) electrons. The van der Waals surface area contributed by atoms with E-state index in [1.54, 1.807) is 6.26 Å². The minimum atomic E-state index is 0.685. The van der Waals surface area contributed by atoms with Crippen molar-refractivity contribution in [2.75, 3.05) is 11.9 Å². The first kappa shape index (κ1) is 13.2. The van der Waals surface area contributed by atoms with E-state index in [9.17, 15) is 0 Å². The summed E-state index contributed by atoms with van der Waals surface area (Å²) >= 11 is 0. The summed E-state index contributed by atoms with van der Waals surface area (Å²) in [4.78, 5) is 6.94. The van der Waals surface area contributed by atoms with E-state index in [2.05, 4.69) is 28.2 Å². The lowest BCUT2D eigenvalue weighted by Crippen LogP contribution is -2.25. The zero-order valence-corrected chi connectivity index (χ0v) is 11.9. The van der Waals surface area contributed by atoms with Gasteiger partial charge in [0.25, 0.3) is 0 Å². The molecule has 106 valence electrons. The van der Waals surface area contributed by atoms with Gasteiger partial charge in [0.1, 0.15) is 5.76 Å². The van der Waals surface area contributed by atoms with Crippen molar-refractivity contribution < 1.29 is 4.42 Å². The van der Waals surface area contributed by atoms with Crippen molar-refractivity contribution in [1.82, 2.24) is 9.88 Å². The van der Waals surface area contributed by atoms with Crippen molar-refractivity contribution in [2.45, 2.75) is 38.9 Å². The van der Waals surface area contributed by atoms with Gasteiger partial charge >= 0.3 is 0 Å². The summed E-state index contributed by atoms with van der Waals surface area (Å²) in [5, 5.41) is 3.33. The van der Waals surface area contributed by atoms with Crippen LogP contribution in [-0.4, -0.2) is 22.5 Å². The lowest BCUT2D eigenvalue weighted by Gasteiger charge is -2.20. The van der Waals surface area contributed by atoms with Gasteiger partial charge in [0.05, 0.1) is 18.5 Å². The average molecular weight is 271 g/mol. The molecule has 0 amide bonds. The summed E-state index contributed by atoms with van der Waals surface area (Å²) in [5.74, 6) is 1.03. The Morgan fingerprint density at radius 3 is 2.95 bits per heavy atom. The highest BCUT2D eigenvalue weighted by Crippen LogP contribution is 2.29. The van der Waals surface area contributed by atoms with Crippen molar-refractivity contribution in [3.63, 3.8) is 0 Å². The molecule has 20 heavy (non-hydrogen) atoms. The molecule has 3 rings (SSSR count). The fraction of sp³-hybridized carbons (Fsp3) is 0.438. The Kier molecular flexibility index (Phi) is 4.02. The smallest absolute Gasteiger partial charge is 0.117 e. The first-order valence-electron chi connectivity index (χ1n) is 7.30. The highest BCUT2D eigenvalue weighted by atomic mass is 16.3. The molecule has 0 atom stereocenters. The van der Waals surface area contributed by atoms with Crippen LogP contribution in [-0.2, 0) is 13.1 Å². The van der Waals surface area contributed by atoms with Gasteiger partial charge < -0.3 is 9.73 Å². The first-order chi connectivity index (χ1) is 9.85. The van der Waals surface area contributed by atoms with E-state index in [1.165, 1.54) is 12.8 Å². The molecule has 2 heterocycles. The third kappa shape index (κ3) is 3.39. The van der Waals surface area contributed by atoms with Gasteiger partial charge in [-0.15, -0.1) is 0 Å². The number of anilines is 1. The average Bonchev–Trinajstić information content (AvgIpc) is 3.18. The van der Waals surface area contributed by atoms with Crippen LogP contribution >= 0.6 is 0 Å². The minimum Gasteiger partial charge on any atom is -0.468 e. The molecule has 2 aromatic heterocycles. The highest BCUT2D eigenvalue weighted by Gasteiger charge is 2.29. The van der Waals surface area contributed by atoms with Gasteiger partial charge in [-0.25, -0.2) is 0 Å². The van der Waals surface area contributed by atoms with Crippen molar-refractivity contribution in [3.05, 3.63) is 48.2 Å². The van der Waals surface area contributed by atoms with Crippen molar-refractivity contribution in [2.24, 2.45) is 0 Å². The largest absolute Gasteiger partial charge is 0.468 e. The standard InChI is InChI=1S/C16H21N3O/c1-2-17-13-7-8-18-14(10-13)11-19(15-5-6-15)12-16-4-3-9-20-16/h3-4,7-10,15H,2,5-6,11-12H2,1H3,(H,17,18). The van der Waals surface area contributed by atoms with E-state index in [1.807, 2.05) is 24.4 Å². The fourth-order valence-corrected chi connectivity index (χ4v) is 2.44. The van der Waals surface area contributed by atoms with Crippen LogP contribution in [0.2, 0.25) is 0 Å². The van der Waals surface area contributed by atoms with Crippen molar-refractivity contribution >= 4 is 5.69 Å². The van der Waals surface area contributed by atoms with Crippen LogP contribution in [0.4, 0.5) is 5.69 Å². The quantitative estimate of drug-likeness (QED) is 0.839. The van der Waals surface area contributed by atoms with Gasteiger partial charge in [0.2, 0.25) is 0 Å². The Morgan fingerprint density at radius 2 is 2.25 bits per heavy atom. The van der Waals surface area contributed by atoms with E-state index in [4.69, 9.17) is 4.42 Å². The Hall–Kier alpha value is -1.81. The molecule has 0 saturated heterocycles. The third-order valence-corrected chi connectivity index (χ3v) is 3.56. The minimum absolute atomic E-state index is 0.685. The lowest BCUT2D eigenvalue weighted by molar-refractivity contribution is 0.222. The molecular formula is C16H21N3O. The molecule has 1 fully saturated rings. The second-order valence-corrected chi connectivity index (χ2v) is 5.28. The molecule has 0 aliphatic heterocycles. The second-order valence-electron chi connectivity index (χ2n) is 5.28. The van der Waals surface area contributed by atoms with E-state index in [0.29, 0.717) is 6.04 Å². The predicted octanol–water partition coefficient (Wildman–Crippen LogP) is 3.27. The van der Waals surface area contributed by atoms with Crippen LogP contribution in [0.15, 0.2) is 41.1 Å². The summed E-state index contributed by atoms with van der Waals surface area (Å²) in [6.45, 7) is 4.78. The Labute approximate surface area is 119 Å². The van der Waals surface area contributed by atoms with Gasteiger partial charge in [-0.05, 0) is 44.0 Å². The van der Waals surface area contributed by atoms with Crippen molar-refractivity contribution in [3.8, 4) is 0 Å². The number of rotatable bonds is 7. The van der Waals surface area contributed by atoms with E-state index < -0.39 is 0 Å². The molecule has 1 aliphatic rings. The first-order valence-corrected chi connectivity index (χ1v) is 7.30. The summed E-state index contributed by atoms with van der Waals surface area (Å²) in [7, 11) is 0. The highest BCUT2D eigenvalue weighted by molar-refractivity contribution is 5.42. The number of hydrogen-bond acceptors (Lipinski definition) is 4. The van der Waals surface area contributed by atoms with Crippen molar-refractivity contribution in [1.29, 1.82) is 0 Å². The van der Waals surface area contributed by atoms with E-state index in [0.717, 1.165) is 36.8 Å². The third-order valence-electron chi connectivity index (χ3n) is 3.56. The Morgan fingerprint density at radius 1 is 1.35 bits per heavy atom. The monoisotopic (exact) mass is 271 g/mol. The fourth-order valence-electron chi connectivity index (χ4n) is 2.44. The molecule has 0 spiro atoms. The van der Waals surface area contributed by atoms with Gasteiger partial charge in [-0.2, -0.15) is 0 Å². The molecule has 0 unspecified atom stereocenters. The molecule has 1 aliphatic carbocycles. The van der Waals surface area contributed by atoms with Crippen LogP contribution in [0.25, 0.3) is 0 Å². The molecular weight excluding hydrogens is 250 g/mol. The normalized spacial score (nSPS) is 14.7. The maximum absolute atomic E-state index is 5.47. The zero-order valence-electron chi connectivity index (χ0n) is 11.9. The van der Waals surface area contributed by atoms with E-state index in [-0.39, 0.29) is 0 Å². The van der Waals surface area contributed by atoms with Crippen LogP contribution in [0, 0.1) is 0 Å². The molecule has 4 nitrogen and oxygen atoms in total. The Bertz CT molecular complexity index is 534. The molecule has 1 saturated carbocycles. The summed E-state index contributed by atoms with van der Waals surface area (Å²) < 4.78 is 5.47. The molecule has 0 aromatic carbocycles. The second kappa shape index (κ2) is 6.09. The molecule has 2 aromatic rings. The summed E-state index contributed by atoms with van der Waals surface area (Å²) in [5.41, 5.74) is 2.26. The number of hydrogen-bond donors (Lipinski definition) is 1. The van der Waals surface area contributed by atoms with Crippen LogP contribution < -0.4 is 5.32 Å². The summed E-state index contributed by atoms with van der Waals surface area (Å²) in [6, 6.07) is 8.83. The maximum Gasteiger partial charge on any atom is 0.117 e. The van der Waals surface area contributed by atoms with Crippen LogP contribution in [0.3, 0.4) is 0 Å². The lowest BCUT2D eigenvalue weighted by atomic mass is 10.2. The number of aromatic nitrogens is 1. The van der Waals surface area contributed by atoms with Gasteiger partial charge in [0, 0.05) is 31.0 Å². The topological polar surface area (TPSA) is 41.3 Å². The van der Waals surface area contributed by atoms with Gasteiger partial charge in [-0.1, -0.05) is 0 Å². The molecule has 1 N–H and O–H groups in total. The number of pyridine rings is 1. The number of furan rings is 1. The van der Waals surface area contributed by atoms with Crippen LogP contribution in [0.5, 0.6) is 0 Å². The van der Waals surface area contributed by atoms with E-state index >= 15 is 0 Å². The van der Waals surface area contributed by atoms with Crippen LogP contribution in [0.1, 0.15) is 31.2 Å². The molecule has 4 heteroatoms. The zero-order chi connectivity index (χ0) is 13.8. The van der Waals surface area contributed by atoms with Gasteiger partial charge in [0.15, 0.2) is 0 Å². The van der Waals surface area contributed by atoms with Gasteiger partial charge in [-0.3, -0.25) is 9.88 Å². The number of nitrogens with zero attached hydrogens (tertiary/aromatic N) is 2. The predicted molar refractivity (Wildman–Crippen MR) is 79.4 cm³/mol. The summed E-state index contributed by atoms with van der Waals surface area (Å²) in [6.07, 6.45) is 6.19. The number of nitrogens with one attached hydrogen (secondary N) is 1. The Balaban J connectivity index is 1.68. The molecule has 0 bridgehead atoms.